The zero-order valence-electron chi connectivity index (χ0n) is 20.9. The monoisotopic (exact) mass is 519 g/mol. The van der Waals surface area contributed by atoms with Crippen molar-refractivity contribution in [2.75, 3.05) is 13.1 Å². The van der Waals surface area contributed by atoms with Crippen LogP contribution in [0.1, 0.15) is 63.1 Å². The average molecular weight is 520 g/mol. The number of carbonyl (C=O) groups is 1. The van der Waals surface area contributed by atoms with Crippen molar-refractivity contribution in [1.82, 2.24) is 4.90 Å². The van der Waals surface area contributed by atoms with Gasteiger partial charge in [-0.3, -0.25) is 9.69 Å². The first-order chi connectivity index (χ1) is 16.7. The van der Waals surface area contributed by atoms with Gasteiger partial charge in [0, 0.05) is 13.0 Å². The third-order valence-corrected chi connectivity index (χ3v) is 5.78. The number of hydrogen-bond acceptors (Lipinski definition) is 2. The van der Waals surface area contributed by atoms with Crippen molar-refractivity contribution >= 4 is 5.97 Å². The Labute approximate surface area is 209 Å². The lowest BCUT2D eigenvalue weighted by Gasteiger charge is -2.31. The Kier molecular flexibility index (Phi) is 13.0. The van der Waals surface area contributed by atoms with Crippen molar-refractivity contribution in [2.24, 2.45) is 11.8 Å². The van der Waals surface area contributed by atoms with Crippen molar-refractivity contribution in [1.29, 1.82) is 0 Å². The summed E-state index contributed by atoms with van der Waals surface area (Å²) in [5.41, 5.74) is -0.388. The number of aliphatic carboxylic acids is 1. The maximum Gasteiger partial charge on any atom is 0.416 e. The van der Waals surface area contributed by atoms with Gasteiger partial charge in [-0.15, -0.1) is 0 Å². The molecule has 0 spiro atoms. The lowest BCUT2D eigenvalue weighted by Crippen LogP contribution is -2.33. The minimum absolute atomic E-state index is 0.202. The van der Waals surface area contributed by atoms with Crippen LogP contribution in [0.3, 0.4) is 0 Å². The fourth-order valence-electron chi connectivity index (χ4n) is 3.28. The molecule has 3 rings (SSSR count). The van der Waals surface area contributed by atoms with Gasteiger partial charge in [0.15, 0.2) is 0 Å². The predicted molar refractivity (Wildman–Crippen MR) is 128 cm³/mol. The van der Waals surface area contributed by atoms with Gasteiger partial charge in [0.1, 0.15) is 0 Å². The number of carboxylic acids is 1. The van der Waals surface area contributed by atoms with Crippen LogP contribution in [0.25, 0.3) is 0 Å². The van der Waals surface area contributed by atoms with Crippen molar-refractivity contribution in [3.8, 4) is 0 Å². The van der Waals surface area contributed by atoms with Crippen molar-refractivity contribution < 1.29 is 36.2 Å². The fourth-order valence-corrected chi connectivity index (χ4v) is 3.28. The van der Waals surface area contributed by atoms with Crippen LogP contribution in [-0.2, 0) is 23.7 Å². The molecule has 202 valence electrons. The SMILES string of the molecule is CCC(C)C.FC(F)(F)c1ccccc1.O=C(O)CC1CCN(Cc2ccc(C(F)(F)F)cc2)CC1. The first kappa shape index (κ1) is 31.5. The zero-order valence-corrected chi connectivity index (χ0v) is 20.9. The van der Waals surface area contributed by atoms with Crippen LogP contribution in [0.15, 0.2) is 54.6 Å². The number of rotatable bonds is 5. The molecule has 36 heavy (non-hydrogen) atoms. The normalized spacial score (nSPS) is 14.9. The van der Waals surface area contributed by atoms with E-state index >= 15 is 0 Å². The standard InChI is InChI=1S/C15H18F3NO2.C7H5F3.C5H12/c16-15(17,18)13-3-1-12(2-4-13)10-19-7-5-11(6-8-19)9-14(20)21;8-7(9,10)6-4-2-1-3-5-6;1-4-5(2)3/h1-4,11H,5-10H2,(H,20,21);1-5H;5H,4H2,1-3H3. The second-order valence-corrected chi connectivity index (χ2v) is 9.18. The number of nitrogens with zero attached hydrogens (tertiary/aromatic N) is 1. The topological polar surface area (TPSA) is 40.5 Å². The molecule has 2 aromatic rings. The van der Waals surface area contributed by atoms with E-state index in [-0.39, 0.29) is 12.3 Å². The maximum atomic E-state index is 12.5. The molecule has 1 aliphatic heterocycles. The summed E-state index contributed by atoms with van der Waals surface area (Å²) in [7, 11) is 0. The number of carboxylic acid groups (broad SMARTS) is 1. The second kappa shape index (κ2) is 14.9. The summed E-state index contributed by atoms with van der Waals surface area (Å²) in [6.45, 7) is 8.83. The molecule has 0 aliphatic carbocycles. The Balaban J connectivity index is 0.000000356. The van der Waals surface area contributed by atoms with Crippen molar-refractivity contribution in [3.05, 3.63) is 71.3 Å². The quantitative estimate of drug-likeness (QED) is 0.405. The predicted octanol–water partition coefficient (Wildman–Crippen LogP) is 8.15. The van der Waals surface area contributed by atoms with Crippen LogP contribution in [0.5, 0.6) is 0 Å². The van der Waals surface area contributed by atoms with Crippen molar-refractivity contribution in [3.63, 3.8) is 0 Å². The van der Waals surface area contributed by atoms with Gasteiger partial charge in [0.25, 0.3) is 0 Å². The van der Waals surface area contributed by atoms with Crippen LogP contribution in [0, 0.1) is 11.8 Å². The Morgan fingerprint density at radius 1 is 0.889 bits per heavy atom. The molecule has 1 heterocycles. The summed E-state index contributed by atoms with van der Waals surface area (Å²) >= 11 is 0. The molecule has 0 amide bonds. The van der Waals surface area contributed by atoms with Gasteiger partial charge in [-0.1, -0.05) is 69.7 Å². The molecular formula is C27H35F6NO2. The number of benzene rings is 2. The van der Waals surface area contributed by atoms with E-state index < -0.39 is 29.4 Å². The summed E-state index contributed by atoms with van der Waals surface area (Å²) in [6, 6.07) is 11.6. The van der Waals surface area contributed by atoms with E-state index in [2.05, 4.69) is 25.7 Å². The summed E-state index contributed by atoms with van der Waals surface area (Å²) in [5.74, 6) is 0.331. The Bertz CT molecular complexity index is 872. The van der Waals surface area contributed by atoms with E-state index in [9.17, 15) is 31.1 Å². The van der Waals surface area contributed by atoms with Crippen LogP contribution >= 0.6 is 0 Å². The van der Waals surface area contributed by atoms with Gasteiger partial charge in [-0.25, -0.2) is 0 Å². The molecule has 3 nitrogen and oxygen atoms in total. The van der Waals surface area contributed by atoms with Crippen LogP contribution in [0.4, 0.5) is 26.3 Å². The van der Waals surface area contributed by atoms with E-state index in [0.29, 0.717) is 6.54 Å². The molecular weight excluding hydrogens is 484 g/mol. The third-order valence-electron chi connectivity index (χ3n) is 5.78. The lowest BCUT2D eigenvalue weighted by atomic mass is 9.93. The van der Waals surface area contributed by atoms with E-state index in [0.717, 1.165) is 61.7 Å². The van der Waals surface area contributed by atoms with E-state index in [1.165, 1.54) is 30.7 Å². The molecule has 0 atom stereocenters. The molecule has 0 unspecified atom stereocenters. The zero-order chi connectivity index (χ0) is 27.4. The fraction of sp³-hybridized carbons (Fsp3) is 0.519. The summed E-state index contributed by atoms with van der Waals surface area (Å²) in [6.07, 6.45) is -5.34. The first-order valence-corrected chi connectivity index (χ1v) is 11.9. The maximum absolute atomic E-state index is 12.5. The third kappa shape index (κ3) is 13.0. The number of halogens is 6. The highest BCUT2D eigenvalue weighted by atomic mass is 19.4. The van der Waals surface area contributed by atoms with E-state index in [1.807, 2.05) is 0 Å². The lowest BCUT2D eigenvalue weighted by molar-refractivity contribution is -0.139. The van der Waals surface area contributed by atoms with E-state index in [1.54, 1.807) is 6.07 Å². The Morgan fingerprint density at radius 2 is 1.33 bits per heavy atom. The van der Waals surface area contributed by atoms with Gasteiger partial charge < -0.3 is 5.11 Å². The molecule has 0 saturated carbocycles. The molecule has 0 bridgehead atoms. The van der Waals surface area contributed by atoms with Crippen LogP contribution in [0.2, 0.25) is 0 Å². The molecule has 1 saturated heterocycles. The van der Waals surface area contributed by atoms with Crippen LogP contribution < -0.4 is 0 Å². The molecule has 0 aromatic heterocycles. The second-order valence-electron chi connectivity index (χ2n) is 9.18. The highest BCUT2D eigenvalue weighted by Crippen LogP contribution is 2.30. The minimum atomic E-state index is -4.30. The van der Waals surface area contributed by atoms with Crippen molar-refractivity contribution in [2.45, 2.75) is 65.4 Å². The van der Waals surface area contributed by atoms with Gasteiger partial charge in [0.2, 0.25) is 0 Å². The molecule has 9 heteroatoms. The summed E-state index contributed by atoms with van der Waals surface area (Å²) in [4.78, 5) is 12.8. The summed E-state index contributed by atoms with van der Waals surface area (Å²) in [5, 5.41) is 8.75. The summed E-state index contributed by atoms with van der Waals surface area (Å²) < 4.78 is 72.8. The molecule has 1 N–H and O–H groups in total. The molecule has 0 radical (unpaired) electrons. The smallest absolute Gasteiger partial charge is 0.416 e. The highest BCUT2D eigenvalue weighted by molar-refractivity contribution is 5.67. The van der Waals surface area contributed by atoms with E-state index in [4.69, 9.17) is 5.11 Å². The van der Waals surface area contributed by atoms with Crippen LogP contribution in [-0.4, -0.2) is 29.1 Å². The van der Waals surface area contributed by atoms with Gasteiger partial charge >= 0.3 is 18.3 Å². The minimum Gasteiger partial charge on any atom is -0.481 e. The number of piperidine rings is 1. The number of hydrogen-bond donors (Lipinski definition) is 1. The largest absolute Gasteiger partial charge is 0.481 e. The Hall–Kier alpha value is -2.55. The molecule has 1 fully saturated rings. The van der Waals surface area contributed by atoms with Gasteiger partial charge in [-0.05, 0) is 55.5 Å². The first-order valence-electron chi connectivity index (χ1n) is 11.9. The Morgan fingerprint density at radius 3 is 1.69 bits per heavy atom. The highest BCUT2D eigenvalue weighted by Gasteiger charge is 2.30. The molecule has 2 aromatic carbocycles. The van der Waals surface area contributed by atoms with Gasteiger partial charge in [0.05, 0.1) is 11.1 Å². The molecule has 1 aliphatic rings. The number of alkyl halides is 6. The number of likely N-dealkylation sites (tertiary alicyclic amines) is 1. The van der Waals surface area contributed by atoms with Gasteiger partial charge in [-0.2, -0.15) is 26.3 Å². The average Bonchev–Trinajstić information content (AvgIpc) is 2.81.